The normalized spacial score (nSPS) is 17.2. The molecule has 6 heteroatoms. The molecular weight excluding hydrogens is 258 g/mol. The highest BCUT2D eigenvalue weighted by atomic mass is 16.5. The average molecular weight is 275 g/mol. The molecule has 1 saturated heterocycles. The van der Waals surface area contributed by atoms with Crippen LogP contribution in [0.25, 0.3) is 11.1 Å². The lowest BCUT2D eigenvalue weighted by molar-refractivity contribution is -0.0860. The van der Waals surface area contributed by atoms with Crippen molar-refractivity contribution in [2.24, 2.45) is 0 Å². The van der Waals surface area contributed by atoms with Crippen molar-refractivity contribution in [3.05, 3.63) is 23.5 Å². The van der Waals surface area contributed by atoms with Gasteiger partial charge in [-0.05, 0) is 19.4 Å². The minimum Gasteiger partial charge on any atom is -0.386 e. The standard InChI is InChI=1S/C14H17N3O3/c1-3-4-14(19)7-17(8-14)13(18)10-5-11-9(2)16-20-12(11)15-6-10/h5-6,19H,3-4,7-8H2,1-2H3. The van der Waals surface area contributed by atoms with E-state index < -0.39 is 5.60 Å². The Balaban J connectivity index is 1.78. The maximum atomic E-state index is 12.3. The molecule has 6 nitrogen and oxygen atoms in total. The molecule has 20 heavy (non-hydrogen) atoms. The van der Waals surface area contributed by atoms with Crippen molar-refractivity contribution < 1.29 is 14.4 Å². The number of pyridine rings is 1. The Morgan fingerprint density at radius 3 is 3.00 bits per heavy atom. The molecule has 1 fully saturated rings. The molecule has 2 aromatic rings. The predicted molar refractivity (Wildman–Crippen MR) is 72.3 cm³/mol. The van der Waals surface area contributed by atoms with Gasteiger partial charge in [-0.2, -0.15) is 0 Å². The van der Waals surface area contributed by atoms with Crippen LogP contribution in [-0.4, -0.2) is 44.7 Å². The highest BCUT2D eigenvalue weighted by Crippen LogP contribution is 2.27. The topological polar surface area (TPSA) is 79.5 Å². The van der Waals surface area contributed by atoms with Gasteiger partial charge in [0.05, 0.1) is 35.3 Å². The maximum Gasteiger partial charge on any atom is 0.257 e. The Bertz CT molecular complexity index is 659. The molecule has 1 N–H and O–H groups in total. The molecule has 0 radical (unpaired) electrons. The summed E-state index contributed by atoms with van der Waals surface area (Å²) in [5, 5.41) is 14.7. The molecule has 3 heterocycles. The van der Waals surface area contributed by atoms with Crippen molar-refractivity contribution in [3.63, 3.8) is 0 Å². The minimum atomic E-state index is -0.713. The zero-order valence-electron chi connectivity index (χ0n) is 11.6. The average Bonchev–Trinajstić information content (AvgIpc) is 2.76. The lowest BCUT2D eigenvalue weighted by Crippen LogP contribution is -2.63. The fourth-order valence-electron chi connectivity index (χ4n) is 2.68. The molecule has 0 saturated carbocycles. The number of hydrogen-bond acceptors (Lipinski definition) is 5. The summed E-state index contributed by atoms with van der Waals surface area (Å²) in [6.07, 6.45) is 3.12. The summed E-state index contributed by atoms with van der Waals surface area (Å²) in [4.78, 5) is 18.1. The molecule has 1 aliphatic rings. The third-order valence-corrected chi connectivity index (χ3v) is 3.73. The van der Waals surface area contributed by atoms with Crippen molar-refractivity contribution in [1.29, 1.82) is 0 Å². The van der Waals surface area contributed by atoms with Crippen molar-refractivity contribution >= 4 is 17.0 Å². The van der Waals surface area contributed by atoms with E-state index in [1.54, 1.807) is 11.0 Å². The van der Waals surface area contributed by atoms with Gasteiger partial charge in [-0.25, -0.2) is 4.98 Å². The molecule has 0 bridgehead atoms. The zero-order valence-corrected chi connectivity index (χ0v) is 11.6. The molecule has 3 rings (SSSR count). The summed E-state index contributed by atoms with van der Waals surface area (Å²) in [5.41, 5.74) is 0.940. The summed E-state index contributed by atoms with van der Waals surface area (Å²) in [7, 11) is 0. The summed E-state index contributed by atoms with van der Waals surface area (Å²) in [6, 6.07) is 1.74. The number of aliphatic hydroxyl groups is 1. The first kappa shape index (κ1) is 13.1. The van der Waals surface area contributed by atoms with Crippen LogP contribution in [0.2, 0.25) is 0 Å². The fraction of sp³-hybridized carbons (Fsp3) is 0.500. The number of hydrogen-bond donors (Lipinski definition) is 1. The van der Waals surface area contributed by atoms with E-state index in [4.69, 9.17) is 4.52 Å². The molecule has 0 atom stereocenters. The number of carbonyl (C=O) groups excluding carboxylic acids is 1. The Morgan fingerprint density at radius 2 is 2.30 bits per heavy atom. The van der Waals surface area contributed by atoms with Crippen LogP contribution in [0.15, 0.2) is 16.8 Å². The number of fused-ring (bicyclic) bond motifs is 1. The summed E-state index contributed by atoms with van der Waals surface area (Å²) >= 11 is 0. The second-order valence-corrected chi connectivity index (χ2v) is 5.48. The number of aromatic nitrogens is 2. The highest BCUT2D eigenvalue weighted by Gasteiger charge is 2.42. The Kier molecular flexibility index (Phi) is 2.97. The molecule has 0 unspecified atom stereocenters. The number of aryl methyl sites for hydroxylation is 1. The zero-order chi connectivity index (χ0) is 14.3. The monoisotopic (exact) mass is 275 g/mol. The predicted octanol–water partition coefficient (Wildman–Crippen LogP) is 1.52. The highest BCUT2D eigenvalue weighted by molar-refractivity contribution is 5.97. The first-order chi connectivity index (χ1) is 9.52. The second-order valence-electron chi connectivity index (χ2n) is 5.48. The van der Waals surface area contributed by atoms with Gasteiger partial charge in [0.1, 0.15) is 0 Å². The molecule has 106 valence electrons. The second kappa shape index (κ2) is 4.56. The Morgan fingerprint density at radius 1 is 1.55 bits per heavy atom. The summed E-state index contributed by atoms with van der Waals surface area (Å²) in [6.45, 7) is 4.61. The largest absolute Gasteiger partial charge is 0.386 e. The van der Waals surface area contributed by atoms with Crippen molar-refractivity contribution in [1.82, 2.24) is 15.0 Å². The van der Waals surface area contributed by atoms with E-state index in [2.05, 4.69) is 10.1 Å². The summed E-state index contributed by atoms with van der Waals surface area (Å²) < 4.78 is 5.02. The molecule has 2 aromatic heterocycles. The molecule has 0 spiro atoms. The fourth-order valence-corrected chi connectivity index (χ4v) is 2.68. The Hall–Kier alpha value is -1.95. The van der Waals surface area contributed by atoms with E-state index in [0.717, 1.165) is 18.2 Å². The van der Waals surface area contributed by atoms with Crippen LogP contribution in [0, 0.1) is 6.92 Å². The smallest absolute Gasteiger partial charge is 0.257 e. The number of amides is 1. The number of rotatable bonds is 3. The van der Waals surface area contributed by atoms with E-state index in [1.165, 1.54) is 6.20 Å². The van der Waals surface area contributed by atoms with Crippen molar-refractivity contribution in [3.8, 4) is 0 Å². The molecule has 1 amide bonds. The molecule has 1 aliphatic heterocycles. The quantitative estimate of drug-likeness (QED) is 0.918. The van der Waals surface area contributed by atoms with Crippen LogP contribution in [0.1, 0.15) is 35.8 Å². The lowest BCUT2D eigenvalue weighted by Gasteiger charge is -2.46. The van der Waals surface area contributed by atoms with Crippen LogP contribution < -0.4 is 0 Å². The first-order valence-corrected chi connectivity index (χ1v) is 6.76. The van der Waals surface area contributed by atoms with Gasteiger partial charge in [0.25, 0.3) is 11.6 Å². The Labute approximate surface area is 116 Å². The summed E-state index contributed by atoms with van der Waals surface area (Å²) in [5.74, 6) is -0.110. The van der Waals surface area contributed by atoms with Crippen LogP contribution in [0.3, 0.4) is 0 Å². The van der Waals surface area contributed by atoms with E-state index in [-0.39, 0.29) is 5.91 Å². The van der Waals surface area contributed by atoms with Crippen LogP contribution >= 0.6 is 0 Å². The third kappa shape index (κ3) is 2.06. The van der Waals surface area contributed by atoms with Gasteiger partial charge in [-0.1, -0.05) is 18.5 Å². The van der Waals surface area contributed by atoms with Gasteiger partial charge < -0.3 is 14.5 Å². The number of nitrogens with zero attached hydrogens (tertiary/aromatic N) is 3. The number of carbonyl (C=O) groups is 1. The SMILES string of the molecule is CCCC1(O)CN(C(=O)c2cnc3onc(C)c3c2)C1. The molecular formula is C14H17N3O3. The third-order valence-electron chi connectivity index (χ3n) is 3.73. The van der Waals surface area contributed by atoms with Crippen LogP contribution in [0.4, 0.5) is 0 Å². The first-order valence-electron chi connectivity index (χ1n) is 6.76. The van der Waals surface area contributed by atoms with Crippen molar-refractivity contribution in [2.45, 2.75) is 32.3 Å². The van der Waals surface area contributed by atoms with Gasteiger partial charge in [-0.3, -0.25) is 4.79 Å². The number of β-amino-alcohol motifs (C(OH)–C–C–N with tert-alkyl or cyclic N) is 1. The van der Waals surface area contributed by atoms with Gasteiger partial charge in [0, 0.05) is 6.20 Å². The van der Waals surface area contributed by atoms with Gasteiger partial charge >= 0.3 is 0 Å². The number of likely N-dealkylation sites (tertiary alicyclic amines) is 1. The van der Waals surface area contributed by atoms with E-state index in [0.29, 0.717) is 30.1 Å². The van der Waals surface area contributed by atoms with Crippen LogP contribution in [-0.2, 0) is 0 Å². The minimum absolute atomic E-state index is 0.110. The van der Waals surface area contributed by atoms with Crippen molar-refractivity contribution in [2.75, 3.05) is 13.1 Å². The van der Waals surface area contributed by atoms with E-state index >= 15 is 0 Å². The van der Waals surface area contributed by atoms with Gasteiger partial charge in [0.15, 0.2) is 0 Å². The lowest BCUT2D eigenvalue weighted by atomic mass is 9.89. The van der Waals surface area contributed by atoms with Crippen LogP contribution in [0.5, 0.6) is 0 Å². The molecule has 0 aliphatic carbocycles. The van der Waals surface area contributed by atoms with Gasteiger partial charge in [0.2, 0.25) is 0 Å². The maximum absolute atomic E-state index is 12.3. The van der Waals surface area contributed by atoms with E-state index in [1.807, 2.05) is 13.8 Å². The molecule has 0 aromatic carbocycles. The van der Waals surface area contributed by atoms with Gasteiger partial charge in [-0.15, -0.1) is 0 Å². The van der Waals surface area contributed by atoms with E-state index in [9.17, 15) is 9.90 Å².